The topological polar surface area (TPSA) is 56.5 Å². The number of nitrogens with zero attached hydrogens (tertiary/aromatic N) is 2. The SMILES string of the molecule is N#Cc1ccc(N2CCOCC2CO)cc1Cl. The van der Waals surface area contributed by atoms with E-state index >= 15 is 0 Å². The highest BCUT2D eigenvalue weighted by Crippen LogP contribution is 2.25. The lowest BCUT2D eigenvalue weighted by atomic mass is 10.1. The summed E-state index contributed by atoms with van der Waals surface area (Å²) in [7, 11) is 0. The Labute approximate surface area is 105 Å². The number of aliphatic hydroxyl groups excluding tert-OH is 1. The molecule has 1 aromatic rings. The van der Waals surface area contributed by atoms with Crippen molar-refractivity contribution in [2.75, 3.05) is 31.3 Å². The Hall–Kier alpha value is -1.28. The van der Waals surface area contributed by atoms with Crippen molar-refractivity contribution in [3.8, 4) is 6.07 Å². The number of morpholine rings is 1. The lowest BCUT2D eigenvalue weighted by Crippen LogP contribution is -2.47. The van der Waals surface area contributed by atoms with Crippen molar-refractivity contribution >= 4 is 17.3 Å². The van der Waals surface area contributed by atoms with Crippen LogP contribution in [0.1, 0.15) is 5.56 Å². The van der Waals surface area contributed by atoms with Crippen LogP contribution < -0.4 is 4.90 Å². The standard InChI is InChI=1S/C12H13ClN2O2/c13-12-5-10(2-1-9(12)6-14)15-3-4-17-8-11(15)7-16/h1-2,5,11,16H,3-4,7-8H2. The quantitative estimate of drug-likeness (QED) is 0.865. The van der Waals surface area contributed by atoms with Gasteiger partial charge < -0.3 is 14.7 Å². The molecule has 1 heterocycles. The van der Waals surface area contributed by atoms with Gasteiger partial charge in [-0.05, 0) is 18.2 Å². The minimum absolute atomic E-state index is 0.0393. The molecule has 17 heavy (non-hydrogen) atoms. The largest absolute Gasteiger partial charge is 0.394 e. The smallest absolute Gasteiger partial charge is 0.101 e. The molecule has 0 radical (unpaired) electrons. The van der Waals surface area contributed by atoms with Crippen LogP contribution in [0.15, 0.2) is 18.2 Å². The number of benzene rings is 1. The van der Waals surface area contributed by atoms with E-state index in [0.717, 1.165) is 5.69 Å². The number of hydrogen-bond donors (Lipinski definition) is 1. The maximum atomic E-state index is 9.29. The van der Waals surface area contributed by atoms with Crippen molar-refractivity contribution in [1.82, 2.24) is 0 Å². The van der Waals surface area contributed by atoms with Crippen molar-refractivity contribution < 1.29 is 9.84 Å². The molecule has 1 aliphatic rings. The Balaban J connectivity index is 2.26. The first-order valence-corrected chi connectivity index (χ1v) is 5.79. The van der Waals surface area contributed by atoms with Gasteiger partial charge in [0.2, 0.25) is 0 Å². The van der Waals surface area contributed by atoms with Crippen LogP contribution in [0.3, 0.4) is 0 Å². The number of ether oxygens (including phenoxy) is 1. The maximum absolute atomic E-state index is 9.29. The summed E-state index contributed by atoms with van der Waals surface area (Å²) < 4.78 is 5.31. The fourth-order valence-corrected chi connectivity index (χ4v) is 2.14. The van der Waals surface area contributed by atoms with Crippen molar-refractivity contribution in [2.24, 2.45) is 0 Å². The summed E-state index contributed by atoms with van der Waals surface area (Å²) in [5, 5.41) is 18.5. The number of aliphatic hydroxyl groups is 1. The van der Waals surface area contributed by atoms with Crippen molar-refractivity contribution in [3.05, 3.63) is 28.8 Å². The van der Waals surface area contributed by atoms with Crippen LogP contribution in [0.2, 0.25) is 5.02 Å². The second kappa shape index (κ2) is 5.37. The summed E-state index contributed by atoms with van der Waals surface area (Å²) >= 11 is 6.00. The highest BCUT2D eigenvalue weighted by atomic mass is 35.5. The number of hydrogen-bond acceptors (Lipinski definition) is 4. The molecule has 1 saturated heterocycles. The molecule has 1 aliphatic heterocycles. The zero-order valence-electron chi connectivity index (χ0n) is 9.27. The number of nitriles is 1. The summed E-state index contributed by atoms with van der Waals surface area (Å²) in [6.45, 7) is 1.90. The summed E-state index contributed by atoms with van der Waals surface area (Å²) in [6.07, 6.45) is 0. The molecule has 90 valence electrons. The molecule has 0 aliphatic carbocycles. The molecule has 1 fully saturated rings. The van der Waals surface area contributed by atoms with Crippen molar-refractivity contribution in [2.45, 2.75) is 6.04 Å². The van der Waals surface area contributed by atoms with Crippen LogP contribution in [0.5, 0.6) is 0 Å². The average Bonchev–Trinajstić information content (AvgIpc) is 2.38. The molecule has 1 atom stereocenters. The molecule has 0 aromatic heterocycles. The third-order valence-electron chi connectivity index (χ3n) is 2.84. The third-order valence-corrected chi connectivity index (χ3v) is 3.16. The molecule has 0 spiro atoms. The predicted molar refractivity (Wildman–Crippen MR) is 65.2 cm³/mol. The summed E-state index contributed by atoms with van der Waals surface area (Å²) in [4.78, 5) is 2.05. The molecule has 0 amide bonds. The Morgan fingerprint density at radius 3 is 3.06 bits per heavy atom. The highest BCUT2D eigenvalue weighted by molar-refractivity contribution is 6.32. The van der Waals surface area contributed by atoms with E-state index in [2.05, 4.69) is 4.90 Å². The zero-order valence-corrected chi connectivity index (χ0v) is 10.0. The Morgan fingerprint density at radius 1 is 1.59 bits per heavy atom. The van der Waals surface area contributed by atoms with E-state index in [1.807, 2.05) is 12.1 Å². The van der Waals surface area contributed by atoms with Gasteiger partial charge in [-0.1, -0.05) is 11.6 Å². The summed E-state index contributed by atoms with van der Waals surface area (Å²) in [6, 6.07) is 7.28. The van der Waals surface area contributed by atoms with Crippen LogP contribution in [0.25, 0.3) is 0 Å². The second-order valence-corrected chi connectivity index (χ2v) is 4.29. The maximum Gasteiger partial charge on any atom is 0.101 e. The van der Waals surface area contributed by atoms with E-state index in [1.54, 1.807) is 12.1 Å². The molecular weight excluding hydrogens is 240 g/mol. The number of rotatable bonds is 2. The predicted octanol–water partition coefficient (Wildman–Crippen LogP) is 1.41. The van der Waals surface area contributed by atoms with Crippen LogP contribution in [0, 0.1) is 11.3 Å². The van der Waals surface area contributed by atoms with Gasteiger partial charge in [0.05, 0.1) is 36.4 Å². The first-order chi connectivity index (χ1) is 8.26. The molecule has 1 aromatic carbocycles. The normalized spacial score (nSPS) is 20.1. The Kier molecular flexibility index (Phi) is 3.85. The van der Waals surface area contributed by atoms with Crippen LogP contribution in [-0.2, 0) is 4.74 Å². The summed E-state index contributed by atoms with van der Waals surface area (Å²) in [5.74, 6) is 0. The number of anilines is 1. The lowest BCUT2D eigenvalue weighted by molar-refractivity contribution is 0.0727. The lowest BCUT2D eigenvalue weighted by Gasteiger charge is -2.36. The van der Waals surface area contributed by atoms with Crippen LogP contribution in [0.4, 0.5) is 5.69 Å². The van der Waals surface area contributed by atoms with Gasteiger partial charge in [0, 0.05) is 12.2 Å². The summed E-state index contributed by atoms with van der Waals surface area (Å²) in [5.41, 5.74) is 1.38. The fourth-order valence-electron chi connectivity index (χ4n) is 1.92. The van der Waals surface area contributed by atoms with Gasteiger partial charge in [-0.2, -0.15) is 5.26 Å². The minimum atomic E-state index is -0.0484. The molecule has 5 heteroatoms. The van der Waals surface area contributed by atoms with Gasteiger partial charge in [-0.15, -0.1) is 0 Å². The molecular formula is C12H13ClN2O2. The van der Waals surface area contributed by atoms with E-state index in [4.69, 9.17) is 21.6 Å². The van der Waals surface area contributed by atoms with Gasteiger partial charge >= 0.3 is 0 Å². The van der Waals surface area contributed by atoms with E-state index in [1.165, 1.54) is 0 Å². The van der Waals surface area contributed by atoms with Gasteiger partial charge in [0.15, 0.2) is 0 Å². The monoisotopic (exact) mass is 252 g/mol. The molecule has 1 N–H and O–H groups in total. The van der Waals surface area contributed by atoms with E-state index in [-0.39, 0.29) is 12.6 Å². The van der Waals surface area contributed by atoms with Crippen LogP contribution >= 0.6 is 11.6 Å². The van der Waals surface area contributed by atoms with E-state index < -0.39 is 0 Å². The minimum Gasteiger partial charge on any atom is -0.394 e. The van der Waals surface area contributed by atoms with Crippen LogP contribution in [-0.4, -0.2) is 37.5 Å². The highest BCUT2D eigenvalue weighted by Gasteiger charge is 2.22. The van der Waals surface area contributed by atoms with E-state index in [9.17, 15) is 5.11 Å². The second-order valence-electron chi connectivity index (χ2n) is 3.88. The molecule has 4 nitrogen and oxygen atoms in total. The molecule has 0 bridgehead atoms. The molecule has 0 saturated carbocycles. The van der Waals surface area contributed by atoms with Gasteiger partial charge in [-0.3, -0.25) is 0 Å². The Bertz CT molecular complexity index is 445. The van der Waals surface area contributed by atoms with Gasteiger partial charge in [0.1, 0.15) is 6.07 Å². The van der Waals surface area contributed by atoms with Crippen molar-refractivity contribution in [3.63, 3.8) is 0 Å². The zero-order chi connectivity index (χ0) is 12.3. The third kappa shape index (κ3) is 2.52. The first-order valence-electron chi connectivity index (χ1n) is 5.41. The number of halogens is 1. The van der Waals surface area contributed by atoms with Crippen molar-refractivity contribution in [1.29, 1.82) is 5.26 Å². The average molecular weight is 253 g/mol. The van der Waals surface area contributed by atoms with E-state index in [0.29, 0.717) is 30.3 Å². The fraction of sp³-hybridized carbons (Fsp3) is 0.417. The van der Waals surface area contributed by atoms with Gasteiger partial charge in [0.25, 0.3) is 0 Å². The Morgan fingerprint density at radius 2 is 2.41 bits per heavy atom. The first kappa shape index (κ1) is 12.2. The van der Waals surface area contributed by atoms with Gasteiger partial charge in [-0.25, -0.2) is 0 Å². The molecule has 1 unspecified atom stereocenters. The molecule has 2 rings (SSSR count).